The maximum absolute atomic E-state index is 12.5. The number of carbonyl (C=O) groups is 1. The van der Waals surface area contributed by atoms with Gasteiger partial charge in [0.25, 0.3) is 0 Å². The van der Waals surface area contributed by atoms with Crippen molar-refractivity contribution >= 4 is 5.91 Å². The molecule has 0 heterocycles. The van der Waals surface area contributed by atoms with Crippen LogP contribution in [-0.4, -0.2) is 56.0 Å². The Labute approximate surface area is 118 Å². The molecule has 112 valence electrons. The molecule has 0 saturated heterocycles. The van der Waals surface area contributed by atoms with Gasteiger partial charge in [0.15, 0.2) is 0 Å². The van der Waals surface area contributed by atoms with Crippen molar-refractivity contribution in [1.82, 2.24) is 9.80 Å². The van der Waals surface area contributed by atoms with E-state index in [1.165, 1.54) is 6.42 Å². The van der Waals surface area contributed by atoms with E-state index in [4.69, 9.17) is 5.73 Å². The second-order valence-electron chi connectivity index (χ2n) is 6.77. The van der Waals surface area contributed by atoms with Crippen molar-refractivity contribution in [3.8, 4) is 0 Å². The molecule has 0 spiro atoms. The minimum absolute atomic E-state index is 0.116. The van der Waals surface area contributed by atoms with Crippen molar-refractivity contribution in [1.29, 1.82) is 0 Å². The predicted octanol–water partition coefficient (Wildman–Crippen LogP) is 1.55. The summed E-state index contributed by atoms with van der Waals surface area (Å²) in [6.07, 6.45) is 4.12. The van der Waals surface area contributed by atoms with E-state index in [0.717, 1.165) is 32.5 Å². The number of rotatable bonds is 8. The summed E-state index contributed by atoms with van der Waals surface area (Å²) in [5, 5.41) is 0. The lowest BCUT2D eigenvalue weighted by molar-refractivity contribution is -0.135. The molecule has 1 rings (SSSR count). The number of hydrogen-bond acceptors (Lipinski definition) is 3. The average Bonchev–Trinajstić information content (AvgIpc) is 2.28. The van der Waals surface area contributed by atoms with Crippen LogP contribution in [0.1, 0.15) is 39.5 Å². The molecule has 0 radical (unpaired) electrons. The Morgan fingerprint density at radius 1 is 1.26 bits per heavy atom. The molecule has 4 heteroatoms. The van der Waals surface area contributed by atoms with Crippen molar-refractivity contribution in [3.05, 3.63) is 0 Å². The van der Waals surface area contributed by atoms with Crippen LogP contribution in [0, 0.1) is 11.3 Å². The minimum Gasteiger partial charge on any atom is -0.341 e. The van der Waals surface area contributed by atoms with Gasteiger partial charge in [0.05, 0.1) is 0 Å². The van der Waals surface area contributed by atoms with Gasteiger partial charge in [-0.15, -0.1) is 0 Å². The van der Waals surface area contributed by atoms with Gasteiger partial charge in [-0.25, -0.2) is 0 Å². The van der Waals surface area contributed by atoms with Crippen LogP contribution in [0.25, 0.3) is 0 Å². The normalized spacial score (nSPS) is 17.6. The van der Waals surface area contributed by atoms with E-state index in [1.807, 2.05) is 19.0 Å². The molecule has 0 aliphatic heterocycles. The van der Waals surface area contributed by atoms with Crippen LogP contribution in [0.5, 0.6) is 0 Å². The van der Waals surface area contributed by atoms with Crippen LogP contribution in [-0.2, 0) is 4.79 Å². The summed E-state index contributed by atoms with van der Waals surface area (Å²) < 4.78 is 0. The monoisotopic (exact) mass is 269 g/mol. The molecule has 1 aliphatic rings. The Bertz CT molecular complexity index is 280. The standard InChI is InChI=1S/C15H31N3O/c1-13(2)11-18(9-8-17(3)4)14(19)10-15(12-16)6-5-7-15/h13H,5-12,16H2,1-4H3. The molecule has 1 saturated carbocycles. The van der Waals surface area contributed by atoms with Crippen molar-refractivity contribution < 1.29 is 4.79 Å². The van der Waals surface area contributed by atoms with Crippen LogP contribution in [0.2, 0.25) is 0 Å². The Morgan fingerprint density at radius 2 is 1.89 bits per heavy atom. The highest BCUT2D eigenvalue weighted by Crippen LogP contribution is 2.43. The summed E-state index contributed by atoms with van der Waals surface area (Å²) in [6.45, 7) is 7.59. The first-order valence-corrected chi connectivity index (χ1v) is 7.51. The summed E-state index contributed by atoms with van der Waals surface area (Å²) in [6, 6.07) is 0. The fourth-order valence-electron chi connectivity index (χ4n) is 2.64. The lowest BCUT2D eigenvalue weighted by Crippen LogP contribution is -2.45. The molecule has 0 unspecified atom stereocenters. The summed E-state index contributed by atoms with van der Waals surface area (Å²) in [5.74, 6) is 0.807. The molecular weight excluding hydrogens is 238 g/mol. The summed E-state index contributed by atoms with van der Waals surface area (Å²) >= 11 is 0. The number of amides is 1. The third kappa shape index (κ3) is 5.11. The Morgan fingerprint density at radius 3 is 2.26 bits per heavy atom. The second kappa shape index (κ2) is 7.25. The highest BCUT2D eigenvalue weighted by atomic mass is 16.2. The summed E-state index contributed by atoms with van der Waals surface area (Å²) in [7, 11) is 4.09. The van der Waals surface area contributed by atoms with Gasteiger partial charge in [-0.1, -0.05) is 20.3 Å². The van der Waals surface area contributed by atoms with Crippen LogP contribution < -0.4 is 5.73 Å². The molecule has 4 nitrogen and oxygen atoms in total. The largest absolute Gasteiger partial charge is 0.341 e. The Balaban J connectivity index is 2.54. The van der Waals surface area contributed by atoms with Gasteiger partial charge >= 0.3 is 0 Å². The number of nitrogens with zero attached hydrogens (tertiary/aromatic N) is 2. The van der Waals surface area contributed by atoms with E-state index in [0.29, 0.717) is 24.8 Å². The zero-order valence-electron chi connectivity index (χ0n) is 13.1. The molecule has 1 aliphatic carbocycles. The van der Waals surface area contributed by atoms with Crippen LogP contribution in [0.3, 0.4) is 0 Å². The lowest BCUT2D eigenvalue weighted by atomic mass is 9.66. The molecule has 0 aromatic heterocycles. The number of likely N-dealkylation sites (N-methyl/N-ethyl adjacent to an activating group) is 1. The van der Waals surface area contributed by atoms with Crippen LogP contribution in [0.4, 0.5) is 0 Å². The van der Waals surface area contributed by atoms with Crippen molar-refractivity contribution in [2.24, 2.45) is 17.1 Å². The molecule has 1 amide bonds. The molecule has 19 heavy (non-hydrogen) atoms. The Hall–Kier alpha value is -0.610. The molecule has 0 bridgehead atoms. The molecular formula is C15H31N3O. The van der Waals surface area contributed by atoms with E-state index in [9.17, 15) is 4.79 Å². The van der Waals surface area contributed by atoms with Crippen molar-refractivity contribution in [3.63, 3.8) is 0 Å². The number of carbonyl (C=O) groups excluding carboxylic acids is 1. The van der Waals surface area contributed by atoms with Gasteiger partial charge in [0.1, 0.15) is 0 Å². The van der Waals surface area contributed by atoms with Gasteiger partial charge < -0.3 is 15.5 Å². The maximum Gasteiger partial charge on any atom is 0.223 e. The highest BCUT2D eigenvalue weighted by molar-refractivity contribution is 5.77. The molecule has 0 aromatic rings. The fraction of sp³-hybridized carbons (Fsp3) is 0.933. The van der Waals surface area contributed by atoms with Gasteiger partial charge in [0, 0.05) is 26.1 Å². The van der Waals surface area contributed by atoms with E-state index < -0.39 is 0 Å². The zero-order chi connectivity index (χ0) is 14.5. The average molecular weight is 269 g/mol. The Kier molecular flexibility index (Phi) is 6.27. The van der Waals surface area contributed by atoms with Crippen LogP contribution in [0.15, 0.2) is 0 Å². The first-order valence-electron chi connectivity index (χ1n) is 7.51. The predicted molar refractivity (Wildman–Crippen MR) is 79.9 cm³/mol. The third-order valence-electron chi connectivity index (χ3n) is 4.13. The first-order chi connectivity index (χ1) is 8.88. The van der Waals surface area contributed by atoms with Gasteiger partial charge in [-0.05, 0) is 44.8 Å². The lowest BCUT2D eigenvalue weighted by Gasteiger charge is -2.42. The summed E-state index contributed by atoms with van der Waals surface area (Å²) in [5.41, 5.74) is 5.98. The molecule has 0 aromatic carbocycles. The maximum atomic E-state index is 12.5. The first kappa shape index (κ1) is 16.4. The summed E-state index contributed by atoms with van der Waals surface area (Å²) in [4.78, 5) is 16.7. The quantitative estimate of drug-likeness (QED) is 0.727. The third-order valence-corrected chi connectivity index (χ3v) is 4.13. The van der Waals surface area contributed by atoms with Crippen molar-refractivity contribution in [2.75, 3.05) is 40.3 Å². The number of nitrogens with two attached hydrogens (primary N) is 1. The van der Waals surface area contributed by atoms with E-state index in [1.54, 1.807) is 0 Å². The number of hydrogen-bond donors (Lipinski definition) is 1. The van der Waals surface area contributed by atoms with Gasteiger partial charge in [0.2, 0.25) is 5.91 Å². The van der Waals surface area contributed by atoms with Crippen LogP contribution >= 0.6 is 0 Å². The molecule has 2 N–H and O–H groups in total. The highest BCUT2D eigenvalue weighted by Gasteiger charge is 2.38. The van der Waals surface area contributed by atoms with E-state index >= 15 is 0 Å². The topological polar surface area (TPSA) is 49.6 Å². The van der Waals surface area contributed by atoms with Gasteiger partial charge in [-0.3, -0.25) is 4.79 Å². The van der Waals surface area contributed by atoms with Gasteiger partial charge in [-0.2, -0.15) is 0 Å². The van der Waals surface area contributed by atoms with Crippen molar-refractivity contribution in [2.45, 2.75) is 39.5 Å². The minimum atomic E-state index is 0.116. The SMILES string of the molecule is CC(C)CN(CCN(C)C)C(=O)CC1(CN)CCC1. The molecule has 0 atom stereocenters. The zero-order valence-corrected chi connectivity index (χ0v) is 13.1. The fourth-order valence-corrected chi connectivity index (χ4v) is 2.64. The smallest absolute Gasteiger partial charge is 0.223 e. The second-order valence-corrected chi connectivity index (χ2v) is 6.77. The van der Waals surface area contributed by atoms with E-state index in [2.05, 4.69) is 18.7 Å². The molecule has 1 fully saturated rings. The van der Waals surface area contributed by atoms with E-state index in [-0.39, 0.29) is 5.41 Å².